The van der Waals surface area contributed by atoms with Gasteiger partial charge in [-0.1, -0.05) is 19.8 Å². The zero-order valence-electron chi connectivity index (χ0n) is 17.3. The van der Waals surface area contributed by atoms with Crippen molar-refractivity contribution in [1.82, 2.24) is 14.9 Å². The normalized spacial score (nSPS) is 13.6. The minimum Gasteiger partial charge on any atom is -0.380 e. The quantitative estimate of drug-likeness (QED) is 0.446. The molecule has 1 heterocycles. The first-order chi connectivity index (χ1) is 14.2. The molecule has 0 radical (unpaired) electrons. The van der Waals surface area contributed by atoms with Crippen LogP contribution in [0.4, 0.5) is 13.2 Å². The van der Waals surface area contributed by atoms with Crippen LogP contribution >= 0.6 is 0 Å². The first-order valence-corrected chi connectivity index (χ1v) is 9.71. The van der Waals surface area contributed by atoms with E-state index in [1.54, 1.807) is 6.08 Å². The summed E-state index contributed by atoms with van der Waals surface area (Å²) < 4.78 is 40.4. The van der Waals surface area contributed by atoms with E-state index >= 15 is 0 Å². The van der Waals surface area contributed by atoms with Crippen molar-refractivity contribution in [1.29, 1.82) is 0 Å². The number of halogens is 3. The molecule has 2 aromatic rings. The smallest absolute Gasteiger partial charge is 0.270 e. The molecule has 0 unspecified atom stereocenters. The fourth-order valence-electron chi connectivity index (χ4n) is 2.77. The number of aldehydes is 1. The van der Waals surface area contributed by atoms with E-state index in [1.165, 1.54) is 6.07 Å². The Labute approximate surface area is 174 Å². The first-order valence-electron chi connectivity index (χ1n) is 9.71. The molecule has 1 aromatic carbocycles. The average molecular weight is 421 g/mol. The predicted octanol–water partition coefficient (Wildman–Crippen LogP) is 4.66. The molecule has 0 fully saturated rings. The Balaban J connectivity index is 2.33. The first kappa shape index (κ1) is 23.5. The monoisotopic (exact) mass is 421 g/mol. The van der Waals surface area contributed by atoms with Crippen LogP contribution in [-0.4, -0.2) is 46.3 Å². The van der Waals surface area contributed by atoms with Gasteiger partial charge in [0.15, 0.2) is 17.7 Å². The Morgan fingerprint density at radius 1 is 1.20 bits per heavy atom. The average Bonchev–Trinajstić information content (AvgIpc) is 2.72. The molecule has 0 aliphatic rings. The highest BCUT2D eigenvalue weighted by atomic mass is 19.3. The lowest BCUT2D eigenvalue weighted by Crippen LogP contribution is -2.30. The molecule has 0 saturated heterocycles. The summed E-state index contributed by atoms with van der Waals surface area (Å²) in [5.74, 6) is -0.747. The number of carbonyl (C=O) groups is 1. The highest BCUT2D eigenvalue weighted by Crippen LogP contribution is 2.29. The number of nitrogens with zero attached hydrogens (tertiary/aromatic N) is 3. The third-order valence-corrected chi connectivity index (χ3v) is 4.82. The van der Waals surface area contributed by atoms with Gasteiger partial charge in [-0.2, -0.15) is 0 Å². The van der Waals surface area contributed by atoms with Crippen molar-refractivity contribution in [2.45, 2.75) is 45.1 Å². The second-order valence-corrected chi connectivity index (χ2v) is 7.33. The number of hydrogen-bond donors (Lipinski definition) is 1. The van der Waals surface area contributed by atoms with Crippen LogP contribution in [0.1, 0.15) is 54.6 Å². The third-order valence-electron chi connectivity index (χ3n) is 4.82. The van der Waals surface area contributed by atoms with Crippen molar-refractivity contribution >= 4 is 12.4 Å². The zero-order valence-corrected chi connectivity index (χ0v) is 17.3. The summed E-state index contributed by atoms with van der Waals surface area (Å²) >= 11 is 0. The van der Waals surface area contributed by atoms with E-state index in [9.17, 15) is 23.1 Å². The van der Waals surface area contributed by atoms with Gasteiger partial charge in [-0.25, -0.2) is 23.1 Å². The fraction of sp³-hybridized carbons (Fsp3) is 0.409. The largest absolute Gasteiger partial charge is 0.380 e. The second kappa shape index (κ2) is 10.3. The van der Waals surface area contributed by atoms with Gasteiger partial charge < -0.3 is 10.0 Å². The molecule has 1 N–H and O–H groups in total. The number of rotatable bonds is 10. The molecule has 0 amide bonds. The molecular weight excluding hydrogens is 395 g/mol. The van der Waals surface area contributed by atoms with Crippen molar-refractivity contribution in [2.75, 3.05) is 13.6 Å². The van der Waals surface area contributed by atoms with Crippen molar-refractivity contribution in [2.24, 2.45) is 0 Å². The van der Waals surface area contributed by atoms with E-state index in [4.69, 9.17) is 0 Å². The minimum atomic E-state index is -3.03. The van der Waals surface area contributed by atoms with E-state index in [0.29, 0.717) is 11.8 Å². The van der Waals surface area contributed by atoms with Crippen molar-refractivity contribution in [3.8, 4) is 11.4 Å². The van der Waals surface area contributed by atoms with Crippen molar-refractivity contribution < 1.29 is 23.1 Å². The van der Waals surface area contributed by atoms with Gasteiger partial charge in [0.1, 0.15) is 5.82 Å². The molecule has 1 atom stereocenters. The van der Waals surface area contributed by atoms with Gasteiger partial charge >= 0.3 is 0 Å². The van der Waals surface area contributed by atoms with Crippen molar-refractivity contribution in [3.63, 3.8) is 0 Å². The van der Waals surface area contributed by atoms with Gasteiger partial charge in [-0.15, -0.1) is 0 Å². The lowest BCUT2D eigenvalue weighted by atomic mass is 9.99. The lowest BCUT2D eigenvalue weighted by Gasteiger charge is -2.21. The van der Waals surface area contributed by atoms with Gasteiger partial charge in [-0.3, -0.25) is 4.79 Å². The Hall–Kier alpha value is -2.74. The van der Waals surface area contributed by atoms with Crippen LogP contribution in [0.15, 0.2) is 30.7 Å². The van der Waals surface area contributed by atoms with E-state index < -0.39 is 17.8 Å². The molecule has 0 spiro atoms. The Morgan fingerprint density at radius 3 is 2.43 bits per heavy atom. The summed E-state index contributed by atoms with van der Waals surface area (Å²) in [4.78, 5) is 21.2. The maximum Gasteiger partial charge on any atom is 0.270 e. The summed E-state index contributed by atoms with van der Waals surface area (Å²) in [6.07, 6.45) is 6.39. The number of carbonyl (C=O) groups excluding carboxylic acids is 1. The number of benzene rings is 1. The van der Waals surface area contributed by atoms with E-state index in [-0.39, 0.29) is 22.5 Å². The van der Waals surface area contributed by atoms with E-state index in [1.807, 2.05) is 18.1 Å². The maximum absolute atomic E-state index is 14.5. The van der Waals surface area contributed by atoms with Gasteiger partial charge in [0.2, 0.25) is 0 Å². The number of hydrogen-bond acceptors (Lipinski definition) is 5. The second-order valence-electron chi connectivity index (χ2n) is 7.33. The third kappa shape index (κ3) is 5.66. The zero-order chi connectivity index (χ0) is 22.3. The summed E-state index contributed by atoms with van der Waals surface area (Å²) in [6, 6.07) is 2.53. The topological polar surface area (TPSA) is 66.3 Å². The van der Waals surface area contributed by atoms with E-state index in [0.717, 1.165) is 51.2 Å². The van der Waals surface area contributed by atoms with Crippen LogP contribution in [0.2, 0.25) is 0 Å². The van der Waals surface area contributed by atoms with E-state index in [2.05, 4.69) is 16.9 Å². The maximum atomic E-state index is 14.5. The molecule has 1 aromatic heterocycles. The summed E-state index contributed by atoms with van der Waals surface area (Å²) in [5, 5.41) is 9.83. The predicted molar refractivity (Wildman–Crippen MR) is 110 cm³/mol. The van der Waals surface area contributed by atoms with Crippen LogP contribution in [0.3, 0.4) is 0 Å². The van der Waals surface area contributed by atoms with Gasteiger partial charge in [0.05, 0.1) is 5.56 Å². The Kier molecular flexibility index (Phi) is 8.11. The molecular formula is C22H26F3N3O2. The number of aliphatic hydroxyl groups is 1. The summed E-state index contributed by atoms with van der Waals surface area (Å²) in [6.45, 7) is 3.92. The SMILES string of the molecule is CCCCCN(C)/C=C\c1cc(-c2ncc([C@](C)(O)C(F)F)cn2)c(F)cc1C=O. The molecule has 0 aliphatic heterocycles. The van der Waals surface area contributed by atoms with Crippen LogP contribution in [0.25, 0.3) is 17.5 Å². The molecule has 2 rings (SSSR count). The highest BCUT2D eigenvalue weighted by Gasteiger charge is 2.35. The van der Waals surface area contributed by atoms with Crippen molar-refractivity contribution in [3.05, 3.63) is 53.2 Å². The molecule has 0 aliphatic carbocycles. The Bertz CT molecular complexity index is 884. The number of unbranched alkanes of at least 4 members (excludes halogenated alkanes) is 2. The van der Waals surface area contributed by atoms with Gasteiger partial charge in [0, 0.05) is 37.1 Å². The molecule has 0 bridgehead atoms. The van der Waals surface area contributed by atoms with Crippen LogP contribution in [0.5, 0.6) is 0 Å². The standard InChI is InChI=1S/C22H26F3N3O2/c1-4-5-6-8-28(3)9-7-15-10-18(19(23)11-16(15)14-29)20-26-12-17(13-27-20)22(2,30)21(24)25/h7,9-14,21,30H,4-6,8H2,1-3H3/b9-7-/t22-/m0/s1. The molecule has 5 nitrogen and oxygen atoms in total. The number of alkyl halides is 2. The summed E-state index contributed by atoms with van der Waals surface area (Å²) in [7, 11) is 1.91. The molecule has 162 valence electrons. The number of aromatic nitrogens is 2. The summed E-state index contributed by atoms with van der Waals surface area (Å²) in [5.41, 5.74) is -1.91. The van der Waals surface area contributed by atoms with Crippen LogP contribution < -0.4 is 0 Å². The van der Waals surface area contributed by atoms with Gasteiger partial charge in [0.25, 0.3) is 6.43 Å². The molecule has 0 saturated carbocycles. The van der Waals surface area contributed by atoms with Crippen LogP contribution in [-0.2, 0) is 5.60 Å². The lowest BCUT2D eigenvalue weighted by molar-refractivity contribution is -0.0887. The Morgan fingerprint density at radius 2 is 1.87 bits per heavy atom. The minimum absolute atomic E-state index is 0.0251. The molecule has 30 heavy (non-hydrogen) atoms. The highest BCUT2D eigenvalue weighted by molar-refractivity contribution is 5.84. The van der Waals surface area contributed by atoms with Gasteiger partial charge in [-0.05, 0) is 43.3 Å². The molecule has 8 heteroatoms. The fourth-order valence-corrected chi connectivity index (χ4v) is 2.77. The van der Waals surface area contributed by atoms with Crippen LogP contribution in [0, 0.1) is 5.82 Å².